The lowest BCUT2D eigenvalue weighted by Gasteiger charge is -2.21. The van der Waals surface area contributed by atoms with E-state index in [2.05, 4.69) is 48.5 Å². The van der Waals surface area contributed by atoms with Gasteiger partial charge in [-0.1, -0.05) is 408 Å². The van der Waals surface area contributed by atoms with Gasteiger partial charge in [-0.2, -0.15) is 0 Å². The van der Waals surface area contributed by atoms with E-state index in [0.717, 1.165) is 108 Å². The van der Waals surface area contributed by atoms with Crippen LogP contribution >= 0.6 is 15.6 Å². The van der Waals surface area contributed by atoms with Crippen molar-refractivity contribution in [3.8, 4) is 0 Å². The van der Waals surface area contributed by atoms with Crippen LogP contribution < -0.4 is 0 Å². The summed E-state index contributed by atoms with van der Waals surface area (Å²) < 4.78 is 68.9. The molecule has 0 fully saturated rings. The summed E-state index contributed by atoms with van der Waals surface area (Å²) in [7, 11) is -9.93. The molecule has 0 aromatic rings. The average molecular weight is 1550 g/mol. The fourth-order valence-corrected chi connectivity index (χ4v) is 15.1. The molecule has 630 valence electrons. The minimum Gasteiger partial charge on any atom is -0.462 e. The Balaban J connectivity index is 5.22. The maximum Gasteiger partial charge on any atom is 0.472 e. The number of aliphatic hydroxyl groups is 1. The third kappa shape index (κ3) is 78.7. The Hall–Kier alpha value is -1.94. The molecule has 0 rings (SSSR count). The Bertz CT molecular complexity index is 2050. The maximum atomic E-state index is 13.2. The first-order chi connectivity index (χ1) is 51.3. The van der Waals surface area contributed by atoms with Crippen molar-refractivity contribution in [2.45, 2.75) is 478 Å². The van der Waals surface area contributed by atoms with Crippen molar-refractivity contribution < 1.29 is 80.2 Å². The molecule has 0 spiro atoms. The predicted molar refractivity (Wildman–Crippen MR) is 437 cm³/mol. The lowest BCUT2D eigenvalue weighted by Crippen LogP contribution is -2.30. The second-order valence-corrected chi connectivity index (χ2v) is 35.4. The Morgan fingerprint density at radius 3 is 0.717 bits per heavy atom. The maximum absolute atomic E-state index is 13.2. The summed E-state index contributed by atoms with van der Waals surface area (Å²) in [5, 5.41) is 10.7. The van der Waals surface area contributed by atoms with Crippen LogP contribution in [0.5, 0.6) is 0 Å². The van der Waals surface area contributed by atoms with Crippen molar-refractivity contribution in [3.63, 3.8) is 0 Å². The van der Waals surface area contributed by atoms with Crippen LogP contribution in [0.25, 0.3) is 0 Å². The van der Waals surface area contributed by atoms with Crippen LogP contribution in [0.15, 0.2) is 0 Å². The molecule has 0 aliphatic carbocycles. The molecule has 0 aliphatic rings. The van der Waals surface area contributed by atoms with Gasteiger partial charge in [-0.25, -0.2) is 9.13 Å². The minimum atomic E-state index is -4.97. The average Bonchev–Trinajstić information content (AvgIpc) is 0.903. The molecule has 0 saturated heterocycles. The number of hydrogen-bond acceptors (Lipinski definition) is 15. The molecular formula is C87H170O17P2. The second-order valence-electron chi connectivity index (χ2n) is 32.5. The number of hydrogen-bond donors (Lipinski definition) is 3. The predicted octanol–water partition coefficient (Wildman–Crippen LogP) is 26.5. The molecule has 6 atom stereocenters. The van der Waals surface area contributed by atoms with E-state index in [1.807, 2.05) is 0 Å². The molecule has 3 N–H and O–H groups in total. The minimum absolute atomic E-state index is 0.108. The van der Waals surface area contributed by atoms with Gasteiger partial charge in [0.25, 0.3) is 0 Å². The Labute approximate surface area is 651 Å². The van der Waals surface area contributed by atoms with Gasteiger partial charge in [0, 0.05) is 25.7 Å². The summed E-state index contributed by atoms with van der Waals surface area (Å²) in [6.07, 6.45) is 67.9. The van der Waals surface area contributed by atoms with Crippen LogP contribution in [0.4, 0.5) is 0 Å². The summed E-state index contributed by atoms with van der Waals surface area (Å²) in [4.78, 5) is 73.2. The van der Waals surface area contributed by atoms with E-state index in [0.29, 0.717) is 25.7 Å². The Morgan fingerprint density at radius 1 is 0.274 bits per heavy atom. The lowest BCUT2D eigenvalue weighted by atomic mass is 9.99. The molecule has 0 aromatic heterocycles. The van der Waals surface area contributed by atoms with E-state index >= 15 is 0 Å². The van der Waals surface area contributed by atoms with E-state index in [-0.39, 0.29) is 25.7 Å². The normalized spacial score (nSPS) is 14.1. The fraction of sp³-hybridized carbons (Fsp3) is 0.954. The van der Waals surface area contributed by atoms with E-state index < -0.39 is 97.5 Å². The van der Waals surface area contributed by atoms with Crippen molar-refractivity contribution in [2.24, 2.45) is 17.8 Å². The van der Waals surface area contributed by atoms with Crippen LogP contribution in [0.2, 0.25) is 0 Å². The number of aliphatic hydroxyl groups excluding tert-OH is 1. The number of rotatable bonds is 85. The molecule has 0 radical (unpaired) electrons. The van der Waals surface area contributed by atoms with Gasteiger partial charge in [0.05, 0.1) is 26.4 Å². The molecule has 0 heterocycles. The van der Waals surface area contributed by atoms with Crippen molar-refractivity contribution >= 4 is 39.5 Å². The summed E-state index contributed by atoms with van der Waals surface area (Å²) in [5.41, 5.74) is 0. The summed E-state index contributed by atoms with van der Waals surface area (Å²) in [6, 6.07) is 0. The topological polar surface area (TPSA) is 237 Å². The number of unbranched alkanes of at least 4 members (excludes halogenated alkanes) is 52. The van der Waals surface area contributed by atoms with E-state index in [1.54, 1.807) is 0 Å². The van der Waals surface area contributed by atoms with Gasteiger partial charge < -0.3 is 33.8 Å². The van der Waals surface area contributed by atoms with Gasteiger partial charge in [-0.05, 0) is 43.4 Å². The van der Waals surface area contributed by atoms with Crippen molar-refractivity contribution in [1.82, 2.24) is 0 Å². The molecule has 19 heteroatoms. The SMILES string of the molecule is CCCCCCCCCCCCC(=O)OC[C@H](COP(=O)(O)OC[C@H](O)COP(=O)(O)OC[C@@H](COC(=O)CCCCCCCCCCCCCCCCC(C)C)OC(=O)CCCCCCCCCCCCCCCCCCCCC(C)CC)OC(=O)CCCCCCCCCCCCCCCCC(C)C. The van der Waals surface area contributed by atoms with E-state index in [1.165, 1.54) is 270 Å². The second kappa shape index (κ2) is 77.0. The van der Waals surface area contributed by atoms with Crippen molar-refractivity contribution in [1.29, 1.82) is 0 Å². The molecule has 0 aliphatic heterocycles. The zero-order chi connectivity index (χ0) is 77.9. The smallest absolute Gasteiger partial charge is 0.462 e. The first-order valence-corrected chi connectivity index (χ1v) is 47.9. The number of phosphoric acid groups is 2. The van der Waals surface area contributed by atoms with Crippen molar-refractivity contribution in [2.75, 3.05) is 39.6 Å². The molecule has 3 unspecified atom stereocenters. The highest BCUT2D eigenvalue weighted by molar-refractivity contribution is 7.47. The number of phosphoric ester groups is 2. The number of carbonyl (C=O) groups is 4. The number of ether oxygens (including phenoxy) is 4. The van der Waals surface area contributed by atoms with Crippen LogP contribution in [0.3, 0.4) is 0 Å². The summed E-state index contributed by atoms with van der Waals surface area (Å²) >= 11 is 0. The van der Waals surface area contributed by atoms with Crippen LogP contribution in [-0.4, -0.2) is 96.7 Å². The molecular weight excluding hydrogens is 1380 g/mol. The van der Waals surface area contributed by atoms with E-state index in [4.69, 9.17) is 37.0 Å². The zero-order valence-corrected chi connectivity index (χ0v) is 71.7. The first-order valence-electron chi connectivity index (χ1n) is 44.9. The van der Waals surface area contributed by atoms with Gasteiger partial charge in [0.15, 0.2) is 12.2 Å². The quantitative estimate of drug-likeness (QED) is 0.0222. The number of esters is 4. The van der Waals surface area contributed by atoms with Gasteiger partial charge >= 0.3 is 39.5 Å². The van der Waals surface area contributed by atoms with Crippen LogP contribution in [0.1, 0.15) is 459 Å². The highest BCUT2D eigenvalue weighted by Crippen LogP contribution is 2.45. The standard InChI is InChI=1S/C87H170O17P2/c1-8-10-11-12-13-14-40-47-54-61-68-84(89)97-74-82(103-87(92)71-64-57-50-43-36-30-24-22-26-32-38-45-52-59-66-79(5)6)76-101-105(93,94)99-72-81(88)73-100-106(95,96)102-77-83(75-98-85(90)69-62-55-48-41-34-28-23-21-25-31-37-44-51-58-65-78(3)4)104-86(91)70-63-56-49-42-35-29-20-18-16-15-17-19-27-33-39-46-53-60-67-80(7)9-2/h78-83,88H,8-77H2,1-7H3,(H,93,94)(H,95,96)/t80?,81-,82+,83+/m0/s1. The molecule has 17 nitrogen and oxygen atoms in total. The highest BCUT2D eigenvalue weighted by atomic mass is 31.2. The number of carbonyl (C=O) groups excluding carboxylic acids is 4. The third-order valence-electron chi connectivity index (χ3n) is 20.7. The van der Waals surface area contributed by atoms with E-state index in [9.17, 15) is 43.2 Å². The summed E-state index contributed by atoms with van der Waals surface area (Å²) in [6.45, 7) is 12.1. The van der Waals surface area contributed by atoms with Gasteiger partial charge in [0.2, 0.25) is 0 Å². The van der Waals surface area contributed by atoms with Gasteiger partial charge in [-0.3, -0.25) is 37.3 Å². The Morgan fingerprint density at radius 2 is 0.481 bits per heavy atom. The highest BCUT2D eigenvalue weighted by Gasteiger charge is 2.31. The van der Waals surface area contributed by atoms with Gasteiger partial charge in [-0.15, -0.1) is 0 Å². The zero-order valence-electron chi connectivity index (χ0n) is 69.9. The third-order valence-corrected chi connectivity index (χ3v) is 22.6. The Kier molecular flexibility index (Phi) is 75.6. The van der Waals surface area contributed by atoms with Gasteiger partial charge in [0.1, 0.15) is 19.3 Å². The fourth-order valence-electron chi connectivity index (χ4n) is 13.5. The molecule has 106 heavy (non-hydrogen) atoms. The molecule has 0 amide bonds. The monoisotopic (exact) mass is 1550 g/mol. The largest absolute Gasteiger partial charge is 0.472 e. The first kappa shape index (κ1) is 104. The molecule has 0 aromatic carbocycles. The van der Waals surface area contributed by atoms with Crippen LogP contribution in [0, 0.1) is 17.8 Å². The molecule has 0 saturated carbocycles. The van der Waals surface area contributed by atoms with Crippen molar-refractivity contribution in [3.05, 3.63) is 0 Å². The molecule has 0 bridgehead atoms. The summed E-state index contributed by atoms with van der Waals surface area (Å²) in [5.74, 6) is 0.363. The lowest BCUT2D eigenvalue weighted by molar-refractivity contribution is -0.161. The van der Waals surface area contributed by atoms with Crippen LogP contribution in [-0.2, 0) is 65.4 Å².